The number of ether oxygens (including phenoxy) is 1. The first kappa shape index (κ1) is 16.2. The van der Waals surface area contributed by atoms with Gasteiger partial charge in [-0.3, -0.25) is 4.79 Å². The molecule has 0 aliphatic carbocycles. The molecule has 2 aliphatic rings. The number of thiocarbonyl (C=S) groups is 1. The zero-order valence-corrected chi connectivity index (χ0v) is 14.9. The fraction of sp³-hybridized carbons (Fsp3) is 0.222. The summed E-state index contributed by atoms with van der Waals surface area (Å²) < 4.78 is 6.13. The summed E-state index contributed by atoms with van der Waals surface area (Å²) in [4.78, 5) is 13.0. The van der Waals surface area contributed by atoms with E-state index in [0.717, 1.165) is 11.3 Å². The maximum atomic E-state index is 13.0. The van der Waals surface area contributed by atoms with Gasteiger partial charge in [0.15, 0.2) is 10.8 Å². The molecule has 25 heavy (non-hydrogen) atoms. The topological polar surface area (TPSA) is 62.4 Å². The third kappa shape index (κ3) is 2.81. The van der Waals surface area contributed by atoms with Crippen molar-refractivity contribution in [3.8, 4) is 5.75 Å². The second-order valence-electron chi connectivity index (χ2n) is 6.30. The number of hydrogen-bond donors (Lipinski definition) is 3. The van der Waals surface area contributed by atoms with Crippen LogP contribution < -0.4 is 20.7 Å². The Morgan fingerprint density at radius 1 is 1.28 bits per heavy atom. The molecule has 128 valence electrons. The van der Waals surface area contributed by atoms with Gasteiger partial charge in [-0.1, -0.05) is 29.8 Å². The number of anilines is 1. The summed E-state index contributed by atoms with van der Waals surface area (Å²) in [6, 6.07) is 14.4. The molecule has 2 heterocycles. The van der Waals surface area contributed by atoms with Crippen LogP contribution in [0.5, 0.6) is 5.75 Å². The molecular formula is C18H16ClN3O2S. The lowest BCUT2D eigenvalue weighted by Crippen LogP contribution is -2.70. The largest absolute Gasteiger partial charge is 0.467 e. The van der Waals surface area contributed by atoms with Crippen molar-refractivity contribution >= 4 is 40.5 Å². The minimum absolute atomic E-state index is 0.160. The van der Waals surface area contributed by atoms with Gasteiger partial charge in [0.2, 0.25) is 5.91 Å². The van der Waals surface area contributed by atoms with E-state index >= 15 is 0 Å². The molecule has 0 aromatic heterocycles. The molecule has 0 unspecified atom stereocenters. The predicted molar refractivity (Wildman–Crippen MR) is 101 cm³/mol. The molecule has 0 saturated carbocycles. The standard InChI is InChI=1S/C18H16ClN3O2S/c1-18-14(16(23)20-11-5-3-2-4-6-11)15(21-17(25)22-18)12-9-10(19)7-8-13(12)24-18/h2-9,14-15H,1H3,(H,20,23)(H2,21,22,25)/t14-,15+,18+/m0/s1. The van der Waals surface area contributed by atoms with Crippen LogP contribution in [0.1, 0.15) is 18.5 Å². The molecule has 1 saturated heterocycles. The van der Waals surface area contributed by atoms with Crippen LogP contribution in [0.25, 0.3) is 0 Å². The SMILES string of the molecule is C[C@@]12NC(=S)N[C@H](c3cc(Cl)ccc3O1)[C@H]2C(=O)Nc1ccccc1. The molecule has 4 rings (SSSR count). The normalized spacial score (nSPS) is 26.6. The highest BCUT2D eigenvalue weighted by Crippen LogP contribution is 2.45. The fourth-order valence-corrected chi connectivity index (χ4v) is 3.97. The highest BCUT2D eigenvalue weighted by atomic mass is 35.5. The van der Waals surface area contributed by atoms with E-state index in [4.69, 9.17) is 28.6 Å². The lowest BCUT2D eigenvalue weighted by Gasteiger charge is -2.50. The quantitative estimate of drug-likeness (QED) is 0.705. The van der Waals surface area contributed by atoms with Gasteiger partial charge in [0, 0.05) is 16.3 Å². The van der Waals surface area contributed by atoms with Crippen molar-refractivity contribution in [1.82, 2.24) is 10.6 Å². The Morgan fingerprint density at radius 2 is 2.04 bits per heavy atom. The summed E-state index contributed by atoms with van der Waals surface area (Å²) in [7, 11) is 0. The number of hydrogen-bond acceptors (Lipinski definition) is 3. The molecule has 0 radical (unpaired) electrons. The highest BCUT2D eigenvalue weighted by molar-refractivity contribution is 7.80. The monoisotopic (exact) mass is 373 g/mol. The van der Waals surface area contributed by atoms with Gasteiger partial charge in [0.25, 0.3) is 0 Å². The number of carbonyl (C=O) groups is 1. The Bertz CT molecular complexity index is 861. The van der Waals surface area contributed by atoms with Crippen molar-refractivity contribution < 1.29 is 9.53 Å². The zero-order chi connectivity index (χ0) is 17.6. The van der Waals surface area contributed by atoms with E-state index in [1.807, 2.05) is 49.4 Å². The average molecular weight is 374 g/mol. The first-order valence-electron chi connectivity index (χ1n) is 7.89. The molecule has 3 atom stereocenters. The number of para-hydroxylation sites is 1. The number of amides is 1. The summed E-state index contributed by atoms with van der Waals surface area (Å²) in [6.07, 6.45) is 0. The second-order valence-corrected chi connectivity index (χ2v) is 7.15. The van der Waals surface area contributed by atoms with Crippen LogP contribution in [0, 0.1) is 5.92 Å². The van der Waals surface area contributed by atoms with Gasteiger partial charge in [-0.2, -0.15) is 0 Å². The summed E-state index contributed by atoms with van der Waals surface area (Å²) >= 11 is 11.4. The van der Waals surface area contributed by atoms with Crippen LogP contribution in [0.3, 0.4) is 0 Å². The molecule has 0 spiro atoms. The first-order chi connectivity index (χ1) is 12.0. The number of carbonyl (C=O) groups excluding carboxylic acids is 1. The number of benzene rings is 2. The molecule has 7 heteroatoms. The van der Waals surface area contributed by atoms with Gasteiger partial charge in [-0.25, -0.2) is 0 Å². The Balaban J connectivity index is 1.74. The summed E-state index contributed by atoms with van der Waals surface area (Å²) in [5, 5.41) is 10.3. The van der Waals surface area contributed by atoms with Gasteiger partial charge >= 0.3 is 0 Å². The molecule has 1 amide bonds. The second kappa shape index (κ2) is 5.89. The smallest absolute Gasteiger partial charge is 0.236 e. The summed E-state index contributed by atoms with van der Waals surface area (Å²) in [5.41, 5.74) is 0.600. The fourth-order valence-electron chi connectivity index (χ4n) is 3.45. The lowest BCUT2D eigenvalue weighted by molar-refractivity contribution is -0.132. The van der Waals surface area contributed by atoms with Gasteiger partial charge in [-0.15, -0.1) is 0 Å². The van der Waals surface area contributed by atoms with Crippen molar-refractivity contribution in [2.45, 2.75) is 18.7 Å². The van der Waals surface area contributed by atoms with Crippen LogP contribution >= 0.6 is 23.8 Å². The Morgan fingerprint density at radius 3 is 2.80 bits per heavy atom. The van der Waals surface area contributed by atoms with Crippen molar-refractivity contribution in [3.05, 3.63) is 59.1 Å². The minimum atomic E-state index is -0.952. The Kier molecular flexibility index (Phi) is 3.81. The van der Waals surface area contributed by atoms with E-state index in [1.165, 1.54) is 0 Å². The number of halogens is 1. The number of fused-ring (bicyclic) bond motifs is 4. The molecule has 2 bridgehead atoms. The molecule has 3 N–H and O–H groups in total. The molecule has 2 aromatic rings. The maximum absolute atomic E-state index is 13.0. The third-order valence-corrected chi connectivity index (χ3v) is 4.98. The van der Waals surface area contributed by atoms with Crippen molar-refractivity contribution in [1.29, 1.82) is 0 Å². The van der Waals surface area contributed by atoms with Crippen molar-refractivity contribution in [3.63, 3.8) is 0 Å². The Hall–Kier alpha value is -2.31. The van der Waals surface area contributed by atoms with Crippen LogP contribution in [-0.2, 0) is 4.79 Å². The summed E-state index contributed by atoms with van der Waals surface area (Å²) in [5.74, 6) is -0.0136. The minimum Gasteiger partial charge on any atom is -0.467 e. The third-order valence-electron chi connectivity index (χ3n) is 4.53. The first-order valence-corrected chi connectivity index (χ1v) is 8.68. The molecule has 1 fully saturated rings. The molecule has 2 aliphatic heterocycles. The summed E-state index contributed by atoms with van der Waals surface area (Å²) in [6.45, 7) is 1.83. The predicted octanol–water partition coefficient (Wildman–Crippen LogP) is 3.22. The van der Waals surface area contributed by atoms with Crippen LogP contribution in [0.2, 0.25) is 5.02 Å². The lowest BCUT2D eigenvalue weighted by atomic mass is 9.80. The van der Waals surface area contributed by atoms with E-state index in [2.05, 4.69) is 16.0 Å². The van der Waals surface area contributed by atoms with Crippen LogP contribution in [0.4, 0.5) is 5.69 Å². The zero-order valence-electron chi connectivity index (χ0n) is 13.4. The van der Waals surface area contributed by atoms with Crippen molar-refractivity contribution in [2.75, 3.05) is 5.32 Å². The molecule has 2 aromatic carbocycles. The van der Waals surface area contributed by atoms with Crippen molar-refractivity contribution in [2.24, 2.45) is 5.92 Å². The number of rotatable bonds is 2. The van der Waals surface area contributed by atoms with Gasteiger partial charge < -0.3 is 20.7 Å². The van der Waals surface area contributed by atoms with E-state index in [0.29, 0.717) is 15.9 Å². The van der Waals surface area contributed by atoms with Crippen LogP contribution in [0.15, 0.2) is 48.5 Å². The number of nitrogens with one attached hydrogen (secondary N) is 3. The molecular weight excluding hydrogens is 358 g/mol. The van der Waals surface area contributed by atoms with E-state index < -0.39 is 11.6 Å². The van der Waals surface area contributed by atoms with Gasteiger partial charge in [0.1, 0.15) is 11.7 Å². The van der Waals surface area contributed by atoms with E-state index in [1.54, 1.807) is 6.07 Å². The molecule has 5 nitrogen and oxygen atoms in total. The van der Waals surface area contributed by atoms with Crippen LogP contribution in [-0.4, -0.2) is 16.7 Å². The Labute approximate surface area is 155 Å². The van der Waals surface area contributed by atoms with E-state index in [-0.39, 0.29) is 11.9 Å². The maximum Gasteiger partial charge on any atom is 0.236 e. The average Bonchev–Trinajstić information content (AvgIpc) is 2.55. The van der Waals surface area contributed by atoms with Gasteiger partial charge in [-0.05, 0) is 49.5 Å². The van der Waals surface area contributed by atoms with Gasteiger partial charge in [0.05, 0.1) is 6.04 Å². The van der Waals surface area contributed by atoms with E-state index in [9.17, 15) is 4.79 Å². The highest BCUT2D eigenvalue weighted by Gasteiger charge is 2.54.